The van der Waals surface area contributed by atoms with Crippen molar-refractivity contribution in [2.75, 3.05) is 26.2 Å². The summed E-state index contributed by atoms with van der Waals surface area (Å²) in [7, 11) is 0. The number of amides is 1. The highest BCUT2D eigenvalue weighted by molar-refractivity contribution is 5.93. The van der Waals surface area contributed by atoms with E-state index in [9.17, 15) is 13.6 Å². The van der Waals surface area contributed by atoms with E-state index in [1.807, 2.05) is 17.0 Å². The first-order valence-corrected chi connectivity index (χ1v) is 11.1. The summed E-state index contributed by atoms with van der Waals surface area (Å²) < 4.78 is 28.2. The first kappa shape index (κ1) is 20.8. The molecule has 166 valence electrons. The topological polar surface area (TPSA) is 52.2 Å². The van der Waals surface area contributed by atoms with E-state index in [2.05, 4.69) is 15.1 Å². The summed E-state index contributed by atoms with van der Waals surface area (Å²) in [6, 6.07) is 14.9. The fraction of sp³-hybridized carbons (Fsp3) is 0.360. The number of rotatable bonds is 4. The lowest BCUT2D eigenvalue weighted by molar-refractivity contribution is 0.0669. The molecule has 2 aliphatic heterocycles. The number of H-pyrrole nitrogens is 1. The Morgan fingerprint density at radius 2 is 1.78 bits per heavy atom. The molecule has 0 unspecified atom stereocenters. The lowest BCUT2D eigenvalue weighted by atomic mass is 9.79. The van der Waals surface area contributed by atoms with Crippen LogP contribution in [0.25, 0.3) is 11.3 Å². The number of aromatic amines is 1. The fourth-order valence-corrected chi connectivity index (χ4v) is 5.16. The van der Waals surface area contributed by atoms with E-state index in [0.717, 1.165) is 32.4 Å². The monoisotopic (exact) mass is 436 g/mol. The normalized spacial score (nSPS) is 21.4. The number of carbonyl (C=O) groups is 1. The highest BCUT2D eigenvalue weighted by Gasteiger charge is 2.43. The van der Waals surface area contributed by atoms with Gasteiger partial charge in [0.1, 0.15) is 17.3 Å². The van der Waals surface area contributed by atoms with Gasteiger partial charge in [-0.15, -0.1) is 0 Å². The lowest BCUT2D eigenvalue weighted by Gasteiger charge is -2.40. The van der Waals surface area contributed by atoms with Crippen LogP contribution in [0.1, 0.15) is 35.3 Å². The molecule has 7 heteroatoms. The quantitative estimate of drug-likeness (QED) is 0.656. The molecule has 0 bridgehead atoms. The highest BCUT2D eigenvalue weighted by atomic mass is 19.1. The first-order chi connectivity index (χ1) is 15.5. The predicted octanol–water partition coefficient (Wildman–Crippen LogP) is 4.48. The van der Waals surface area contributed by atoms with Crippen molar-refractivity contribution in [3.63, 3.8) is 0 Å². The minimum Gasteiger partial charge on any atom is -0.337 e. The van der Waals surface area contributed by atoms with Crippen molar-refractivity contribution >= 4 is 5.91 Å². The SMILES string of the molecule is O=C(c1cc(-c2ccccc2F)n[nH]1)N1CC[C@@]2(CCCN(Cc3ccccc3F)C2)C1. The van der Waals surface area contributed by atoms with E-state index >= 15 is 0 Å². The second-order valence-electron chi connectivity index (χ2n) is 9.03. The minimum absolute atomic E-state index is 0.0353. The molecule has 1 aromatic heterocycles. The van der Waals surface area contributed by atoms with Crippen LogP contribution in [-0.4, -0.2) is 52.1 Å². The number of halogens is 2. The Labute approximate surface area is 186 Å². The summed E-state index contributed by atoms with van der Waals surface area (Å²) in [5.74, 6) is -0.640. The third-order valence-corrected chi connectivity index (χ3v) is 6.78. The van der Waals surface area contributed by atoms with Gasteiger partial charge in [-0.1, -0.05) is 30.3 Å². The van der Waals surface area contributed by atoms with Gasteiger partial charge in [0.05, 0.1) is 5.69 Å². The number of aromatic nitrogens is 2. The fourth-order valence-electron chi connectivity index (χ4n) is 5.16. The van der Waals surface area contributed by atoms with Crippen LogP contribution in [0.15, 0.2) is 54.6 Å². The second kappa shape index (κ2) is 8.47. The Bertz CT molecular complexity index is 1130. The number of hydrogen-bond acceptors (Lipinski definition) is 3. The van der Waals surface area contributed by atoms with Gasteiger partial charge in [-0.25, -0.2) is 8.78 Å². The number of piperidine rings is 1. The van der Waals surface area contributed by atoms with Crippen molar-refractivity contribution in [3.05, 3.63) is 77.5 Å². The summed E-state index contributed by atoms with van der Waals surface area (Å²) in [6.45, 7) is 3.74. The number of nitrogens with one attached hydrogen (secondary N) is 1. The van der Waals surface area contributed by atoms with Gasteiger partial charge in [-0.05, 0) is 50.1 Å². The number of nitrogens with zero attached hydrogens (tertiary/aromatic N) is 3. The third-order valence-electron chi connectivity index (χ3n) is 6.78. The van der Waals surface area contributed by atoms with Gasteiger partial charge < -0.3 is 4.90 Å². The van der Waals surface area contributed by atoms with E-state index < -0.39 is 0 Å². The molecule has 1 amide bonds. The molecule has 2 aliphatic rings. The molecule has 32 heavy (non-hydrogen) atoms. The lowest BCUT2D eigenvalue weighted by Crippen LogP contribution is -2.45. The Balaban J connectivity index is 1.26. The number of hydrogen-bond donors (Lipinski definition) is 1. The van der Waals surface area contributed by atoms with Gasteiger partial charge in [0.25, 0.3) is 5.91 Å². The molecule has 1 N–H and O–H groups in total. The van der Waals surface area contributed by atoms with Crippen LogP contribution >= 0.6 is 0 Å². The molecule has 5 rings (SSSR count). The first-order valence-electron chi connectivity index (χ1n) is 11.1. The molecule has 2 aromatic carbocycles. The molecule has 2 saturated heterocycles. The zero-order chi connectivity index (χ0) is 22.1. The van der Waals surface area contributed by atoms with Crippen molar-refractivity contribution in [2.45, 2.75) is 25.8 Å². The molecular weight excluding hydrogens is 410 g/mol. The minimum atomic E-state index is -0.365. The van der Waals surface area contributed by atoms with Gasteiger partial charge in [0, 0.05) is 42.7 Å². The number of likely N-dealkylation sites (tertiary alicyclic amines) is 2. The van der Waals surface area contributed by atoms with Gasteiger partial charge in [0.2, 0.25) is 0 Å². The summed E-state index contributed by atoms with van der Waals surface area (Å²) in [5.41, 5.74) is 1.92. The number of benzene rings is 2. The molecule has 1 atom stereocenters. The van der Waals surface area contributed by atoms with Crippen molar-refractivity contribution in [3.8, 4) is 11.3 Å². The van der Waals surface area contributed by atoms with Crippen LogP contribution in [-0.2, 0) is 6.54 Å². The van der Waals surface area contributed by atoms with Crippen LogP contribution in [0.4, 0.5) is 8.78 Å². The zero-order valence-electron chi connectivity index (χ0n) is 17.9. The van der Waals surface area contributed by atoms with Crippen molar-refractivity contribution in [1.29, 1.82) is 0 Å². The molecule has 3 aromatic rings. The Morgan fingerprint density at radius 3 is 2.59 bits per heavy atom. The summed E-state index contributed by atoms with van der Waals surface area (Å²) in [6.07, 6.45) is 3.03. The summed E-state index contributed by atoms with van der Waals surface area (Å²) in [4.78, 5) is 17.3. The maximum absolute atomic E-state index is 14.1. The molecular formula is C25H26F2N4O. The molecule has 5 nitrogen and oxygen atoms in total. The zero-order valence-corrected chi connectivity index (χ0v) is 17.9. The van der Waals surface area contributed by atoms with E-state index in [1.165, 1.54) is 12.1 Å². The third kappa shape index (κ3) is 4.05. The van der Waals surface area contributed by atoms with Gasteiger partial charge >= 0.3 is 0 Å². The molecule has 3 heterocycles. The Hall–Kier alpha value is -3.06. The maximum atomic E-state index is 14.1. The second-order valence-corrected chi connectivity index (χ2v) is 9.03. The van der Waals surface area contributed by atoms with Crippen LogP contribution in [0.3, 0.4) is 0 Å². The van der Waals surface area contributed by atoms with Crippen LogP contribution < -0.4 is 0 Å². The van der Waals surface area contributed by atoms with E-state index in [-0.39, 0.29) is 23.0 Å². The Kier molecular flexibility index (Phi) is 5.51. The van der Waals surface area contributed by atoms with Crippen molar-refractivity contribution in [1.82, 2.24) is 20.0 Å². The van der Waals surface area contributed by atoms with Crippen molar-refractivity contribution in [2.24, 2.45) is 5.41 Å². The number of carbonyl (C=O) groups excluding carboxylic acids is 1. The van der Waals surface area contributed by atoms with Gasteiger partial charge in [-0.2, -0.15) is 5.10 Å². The molecule has 0 saturated carbocycles. The Morgan fingerprint density at radius 1 is 1.00 bits per heavy atom. The van der Waals surface area contributed by atoms with E-state index in [4.69, 9.17) is 0 Å². The average molecular weight is 437 g/mol. The van der Waals surface area contributed by atoms with Crippen LogP contribution in [0, 0.1) is 17.0 Å². The predicted molar refractivity (Wildman–Crippen MR) is 118 cm³/mol. The molecule has 2 fully saturated rings. The molecule has 0 radical (unpaired) electrons. The van der Waals surface area contributed by atoms with Crippen LogP contribution in [0.2, 0.25) is 0 Å². The average Bonchev–Trinajstić information content (AvgIpc) is 3.43. The van der Waals surface area contributed by atoms with Gasteiger partial charge in [0.15, 0.2) is 0 Å². The van der Waals surface area contributed by atoms with Gasteiger partial charge in [-0.3, -0.25) is 14.8 Å². The highest BCUT2D eigenvalue weighted by Crippen LogP contribution is 2.40. The van der Waals surface area contributed by atoms with E-state index in [1.54, 1.807) is 30.3 Å². The van der Waals surface area contributed by atoms with Crippen LogP contribution in [0.5, 0.6) is 0 Å². The molecule has 1 spiro atoms. The standard InChI is InChI=1S/C25H26F2N4O/c26-20-8-3-1-6-18(20)15-30-12-5-10-25(16-30)11-13-31(17-25)24(32)23-14-22(28-29-23)19-7-2-4-9-21(19)27/h1-4,6-9,14H,5,10-13,15-17H2,(H,28,29)/t25-/m1/s1. The smallest absolute Gasteiger partial charge is 0.271 e. The largest absolute Gasteiger partial charge is 0.337 e. The summed E-state index contributed by atoms with van der Waals surface area (Å²) >= 11 is 0. The van der Waals surface area contributed by atoms with E-state index in [0.29, 0.717) is 42.1 Å². The van der Waals surface area contributed by atoms with Crippen molar-refractivity contribution < 1.29 is 13.6 Å². The summed E-state index contributed by atoms with van der Waals surface area (Å²) in [5, 5.41) is 6.94. The molecule has 0 aliphatic carbocycles. The maximum Gasteiger partial charge on any atom is 0.271 e.